The minimum absolute atomic E-state index is 0.0249. The number of ether oxygens (including phenoxy) is 1. The Morgan fingerprint density at radius 2 is 1.57 bits per heavy atom. The molecule has 0 atom stereocenters. The number of anilines is 2. The molecule has 0 aliphatic heterocycles. The molecule has 4 amide bonds. The van der Waals surface area contributed by atoms with Gasteiger partial charge in [-0.1, -0.05) is 18.2 Å². The minimum atomic E-state index is -0.724. The highest BCUT2D eigenvalue weighted by Gasteiger charge is 2.19. The standard InChI is InChI=1S/C19H20N4O5/c20-16(24)10-11-23(15-4-2-1-3-5-15)17(25)12-28-18(26)13-6-8-14(9-7-13)22-19(21)27/h1-9H,10-12H2,(H2,20,24)(H3,21,22,27). The Kier molecular flexibility index (Phi) is 7.09. The molecule has 9 heteroatoms. The average molecular weight is 384 g/mol. The Morgan fingerprint density at radius 1 is 0.929 bits per heavy atom. The van der Waals surface area contributed by atoms with Crippen molar-refractivity contribution in [3.8, 4) is 0 Å². The second-order valence-electron chi connectivity index (χ2n) is 5.74. The van der Waals surface area contributed by atoms with E-state index < -0.39 is 30.4 Å². The summed E-state index contributed by atoms with van der Waals surface area (Å²) in [7, 11) is 0. The van der Waals surface area contributed by atoms with E-state index in [1.54, 1.807) is 30.3 Å². The topological polar surface area (TPSA) is 145 Å². The van der Waals surface area contributed by atoms with Gasteiger partial charge in [0.25, 0.3) is 5.91 Å². The first-order chi connectivity index (χ1) is 13.4. The number of esters is 1. The zero-order valence-corrected chi connectivity index (χ0v) is 15.0. The van der Waals surface area contributed by atoms with Gasteiger partial charge in [0, 0.05) is 24.3 Å². The van der Waals surface area contributed by atoms with Crippen molar-refractivity contribution in [3.63, 3.8) is 0 Å². The van der Waals surface area contributed by atoms with Gasteiger partial charge in [0.05, 0.1) is 5.56 Å². The van der Waals surface area contributed by atoms with Crippen molar-refractivity contribution in [3.05, 3.63) is 60.2 Å². The van der Waals surface area contributed by atoms with E-state index >= 15 is 0 Å². The lowest BCUT2D eigenvalue weighted by Gasteiger charge is -2.22. The van der Waals surface area contributed by atoms with Crippen molar-refractivity contribution in [1.29, 1.82) is 0 Å². The van der Waals surface area contributed by atoms with Gasteiger partial charge in [-0.2, -0.15) is 0 Å². The highest BCUT2D eigenvalue weighted by atomic mass is 16.5. The van der Waals surface area contributed by atoms with Crippen LogP contribution in [0.5, 0.6) is 0 Å². The predicted octanol–water partition coefficient (Wildman–Crippen LogP) is 1.24. The molecular formula is C19H20N4O5. The third kappa shape index (κ3) is 6.13. The normalized spacial score (nSPS) is 10.0. The molecule has 0 unspecified atom stereocenters. The SMILES string of the molecule is NC(=O)CCN(C(=O)COC(=O)c1ccc(NC(N)=O)cc1)c1ccccc1. The first-order valence-corrected chi connectivity index (χ1v) is 8.34. The molecule has 0 radical (unpaired) electrons. The first-order valence-electron chi connectivity index (χ1n) is 8.34. The Morgan fingerprint density at radius 3 is 2.14 bits per heavy atom. The lowest BCUT2D eigenvalue weighted by molar-refractivity contribution is -0.121. The number of primary amides is 2. The molecule has 0 aliphatic rings. The highest BCUT2D eigenvalue weighted by Crippen LogP contribution is 2.15. The van der Waals surface area contributed by atoms with Crippen molar-refractivity contribution < 1.29 is 23.9 Å². The van der Waals surface area contributed by atoms with Gasteiger partial charge >= 0.3 is 12.0 Å². The number of hydrogen-bond acceptors (Lipinski definition) is 5. The summed E-state index contributed by atoms with van der Waals surface area (Å²) in [4.78, 5) is 47.8. The number of nitrogens with two attached hydrogens (primary N) is 2. The molecule has 5 N–H and O–H groups in total. The van der Waals surface area contributed by atoms with Crippen molar-refractivity contribution in [2.75, 3.05) is 23.4 Å². The number of urea groups is 1. The summed E-state index contributed by atoms with van der Waals surface area (Å²) in [5.41, 5.74) is 11.4. The van der Waals surface area contributed by atoms with Crippen LogP contribution in [-0.4, -0.2) is 37.0 Å². The van der Waals surface area contributed by atoms with Crippen LogP contribution in [0.4, 0.5) is 16.2 Å². The number of carbonyl (C=O) groups is 4. The number of hydrogen-bond donors (Lipinski definition) is 3. The number of para-hydroxylation sites is 1. The zero-order chi connectivity index (χ0) is 20.5. The molecule has 2 rings (SSSR count). The van der Waals surface area contributed by atoms with E-state index in [1.165, 1.54) is 29.2 Å². The van der Waals surface area contributed by atoms with Crippen molar-refractivity contribution in [2.45, 2.75) is 6.42 Å². The van der Waals surface area contributed by atoms with Gasteiger partial charge in [0.15, 0.2) is 6.61 Å². The highest BCUT2D eigenvalue weighted by molar-refractivity contribution is 5.97. The van der Waals surface area contributed by atoms with Crippen LogP contribution in [0.25, 0.3) is 0 Å². The summed E-state index contributed by atoms with van der Waals surface area (Å²) in [6, 6.07) is 13.8. The summed E-state index contributed by atoms with van der Waals surface area (Å²) in [6.45, 7) is -0.434. The van der Waals surface area contributed by atoms with Crippen LogP contribution in [0.15, 0.2) is 54.6 Å². The first kappa shape index (κ1) is 20.4. The van der Waals surface area contributed by atoms with Crippen LogP contribution in [0.2, 0.25) is 0 Å². The summed E-state index contributed by atoms with van der Waals surface area (Å²) in [5, 5.41) is 2.37. The molecule has 2 aromatic rings. The molecule has 28 heavy (non-hydrogen) atoms. The van der Waals surface area contributed by atoms with Crippen LogP contribution < -0.4 is 21.7 Å². The van der Waals surface area contributed by atoms with E-state index in [9.17, 15) is 19.2 Å². The van der Waals surface area contributed by atoms with E-state index in [1.807, 2.05) is 0 Å². The maximum Gasteiger partial charge on any atom is 0.338 e. The monoisotopic (exact) mass is 384 g/mol. The maximum absolute atomic E-state index is 12.5. The Bertz CT molecular complexity index is 852. The second-order valence-corrected chi connectivity index (χ2v) is 5.74. The quantitative estimate of drug-likeness (QED) is 0.586. The van der Waals surface area contributed by atoms with Gasteiger partial charge in [-0.25, -0.2) is 9.59 Å². The molecule has 0 saturated heterocycles. The molecule has 0 spiro atoms. The number of nitrogens with one attached hydrogen (secondary N) is 1. The molecule has 9 nitrogen and oxygen atoms in total. The molecule has 0 fully saturated rings. The van der Waals surface area contributed by atoms with E-state index in [2.05, 4.69) is 5.32 Å². The molecule has 0 bridgehead atoms. The Hall–Kier alpha value is -3.88. The van der Waals surface area contributed by atoms with Gasteiger partial charge in [-0.05, 0) is 36.4 Å². The number of nitrogens with zero attached hydrogens (tertiary/aromatic N) is 1. The lowest BCUT2D eigenvalue weighted by Crippen LogP contribution is -2.37. The second kappa shape index (κ2) is 9.72. The van der Waals surface area contributed by atoms with Crippen LogP contribution in [0.1, 0.15) is 16.8 Å². The van der Waals surface area contributed by atoms with E-state index in [4.69, 9.17) is 16.2 Å². The molecule has 146 valence electrons. The van der Waals surface area contributed by atoms with E-state index in [-0.39, 0.29) is 18.5 Å². The molecule has 0 saturated carbocycles. The number of amides is 4. The average Bonchev–Trinajstić information content (AvgIpc) is 2.67. The number of carbonyl (C=O) groups excluding carboxylic acids is 4. The fourth-order valence-corrected chi connectivity index (χ4v) is 2.35. The third-order valence-electron chi connectivity index (χ3n) is 3.67. The molecule has 0 aliphatic carbocycles. The summed E-state index contributed by atoms with van der Waals surface area (Å²) >= 11 is 0. The largest absolute Gasteiger partial charge is 0.452 e. The van der Waals surface area contributed by atoms with Crippen LogP contribution >= 0.6 is 0 Å². The Labute approximate surface area is 161 Å². The molecule has 0 heterocycles. The maximum atomic E-state index is 12.5. The zero-order valence-electron chi connectivity index (χ0n) is 15.0. The van der Waals surface area contributed by atoms with Crippen LogP contribution in [0.3, 0.4) is 0 Å². The fraction of sp³-hybridized carbons (Fsp3) is 0.158. The van der Waals surface area contributed by atoms with Crippen LogP contribution in [-0.2, 0) is 14.3 Å². The van der Waals surface area contributed by atoms with E-state index in [0.29, 0.717) is 11.4 Å². The van der Waals surface area contributed by atoms with Gasteiger partial charge in [-0.15, -0.1) is 0 Å². The van der Waals surface area contributed by atoms with Crippen molar-refractivity contribution >= 4 is 35.2 Å². The predicted molar refractivity (Wildman–Crippen MR) is 103 cm³/mol. The van der Waals surface area contributed by atoms with Gasteiger partial charge in [0.1, 0.15) is 0 Å². The number of rotatable bonds is 8. The smallest absolute Gasteiger partial charge is 0.338 e. The summed E-state index contributed by atoms with van der Waals surface area (Å²) < 4.78 is 5.06. The van der Waals surface area contributed by atoms with Gasteiger partial charge < -0.3 is 26.4 Å². The summed E-state index contributed by atoms with van der Waals surface area (Å²) in [6.07, 6.45) is -0.0249. The van der Waals surface area contributed by atoms with Crippen molar-refractivity contribution in [1.82, 2.24) is 0 Å². The summed E-state index contributed by atoms with van der Waals surface area (Å²) in [5.74, 6) is -1.75. The minimum Gasteiger partial charge on any atom is -0.452 e. The molecule has 0 aromatic heterocycles. The number of benzene rings is 2. The van der Waals surface area contributed by atoms with Gasteiger partial charge in [0.2, 0.25) is 5.91 Å². The molecular weight excluding hydrogens is 364 g/mol. The van der Waals surface area contributed by atoms with Crippen LogP contribution in [0, 0.1) is 0 Å². The van der Waals surface area contributed by atoms with Gasteiger partial charge in [-0.3, -0.25) is 9.59 Å². The molecule has 2 aromatic carbocycles. The lowest BCUT2D eigenvalue weighted by atomic mass is 10.2. The fourth-order valence-electron chi connectivity index (χ4n) is 2.35. The Balaban J connectivity index is 1.99. The van der Waals surface area contributed by atoms with E-state index in [0.717, 1.165) is 0 Å². The third-order valence-corrected chi connectivity index (χ3v) is 3.67. The van der Waals surface area contributed by atoms with Crippen molar-refractivity contribution in [2.24, 2.45) is 11.5 Å².